The van der Waals surface area contributed by atoms with Crippen LogP contribution in [0.1, 0.15) is 33.9 Å². The molecule has 1 unspecified atom stereocenters. The van der Waals surface area contributed by atoms with Gasteiger partial charge in [0.1, 0.15) is 9.88 Å². The van der Waals surface area contributed by atoms with E-state index >= 15 is 0 Å². The Hall–Kier alpha value is -2.05. The number of nitrogens with zero attached hydrogens (tertiary/aromatic N) is 2. The van der Waals surface area contributed by atoms with Crippen LogP contribution in [0.2, 0.25) is 0 Å². The number of pyridine rings is 1. The number of aromatic nitrogens is 2. The lowest BCUT2D eigenvalue weighted by atomic mass is 10.1. The second-order valence-corrected chi connectivity index (χ2v) is 6.71. The predicted molar refractivity (Wildman–Crippen MR) is 90.3 cm³/mol. The van der Waals surface area contributed by atoms with Crippen molar-refractivity contribution < 1.29 is 4.79 Å². The number of thiophene rings is 1. The Bertz CT molecular complexity index is 766. The van der Waals surface area contributed by atoms with Gasteiger partial charge in [0.25, 0.3) is 5.91 Å². The molecule has 0 saturated heterocycles. The fraction of sp³-hybridized carbons (Fsp3) is 0.188. The molecule has 0 fully saturated rings. The van der Waals surface area contributed by atoms with Gasteiger partial charge in [-0.2, -0.15) is 11.3 Å². The summed E-state index contributed by atoms with van der Waals surface area (Å²) < 4.78 is 0. The molecule has 3 rings (SSSR count). The van der Waals surface area contributed by atoms with Crippen molar-refractivity contribution in [2.75, 3.05) is 0 Å². The molecule has 3 heterocycles. The highest BCUT2D eigenvalue weighted by molar-refractivity contribution is 7.17. The number of hydrogen-bond donors (Lipinski definition) is 1. The lowest BCUT2D eigenvalue weighted by Crippen LogP contribution is -2.26. The van der Waals surface area contributed by atoms with Crippen LogP contribution in [0.4, 0.5) is 0 Å². The Morgan fingerprint density at radius 2 is 2.23 bits per heavy atom. The molecule has 0 aromatic carbocycles. The van der Waals surface area contributed by atoms with Gasteiger partial charge in [0.05, 0.1) is 11.7 Å². The van der Waals surface area contributed by atoms with Crippen LogP contribution in [-0.4, -0.2) is 15.9 Å². The van der Waals surface area contributed by atoms with E-state index in [-0.39, 0.29) is 11.9 Å². The average molecular weight is 329 g/mol. The number of aryl methyl sites for hydroxylation is 1. The lowest BCUT2D eigenvalue weighted by molar-refractivity contribution is 0.0943. The quantitative estimate of drug-likeness (QED) is 0.785. The van der Waals surface area contributed by atoms with Crippen molar-refractivity contribution in [3.05, 3.63) is 57.5 Å². The van der Waals surface area contributed by atoms with E-state index < -0.39 is 0 Å². The zero-order chi connectivity index (χ0) is 15.5. The summed E-state index contributed by atoms with van der Waals surface area (Å²) in [7, 11) is 0. The van der Waals surface area contributed by atoms with E-state index in [1.807, 2.05) is 42.8 Å². The minimum Gasteiger partial charge on any atom is -0.345 e. The standard InChI is InChI=1S/C16H15N3OS2/c1-10(12-4-3-6-17-8-12)18-15(20)14-11(2)19-16(22-14)13-5-7-21-9-13/h3-10H,1-2H3,(H,18,20). The maximum absolute atomic E-state index is 12.5. The van der Waals surface area contributed by atoms with E-state index in [9.17, 15) is 4.79 Å². The van der Waals surface area contributed by atoms with E-state index in [4.69, 9.17) is 0 Å². The van der Waals surface area contributed by atoms with Crippen molar-refractivity contribution in [3.8, 4) is 10.6 Å². The van der Waals surface area contributed by atoms with Gasteiger partial charge in [0, 0.05) is 23.3 Å². The van der Waals surface area contributed by atoms with E-state index in [0.717, 1.165) is 21.8 Å². The SMILES string of the molecule is Cc1nc(-c2ccsc2)sc1C(=O)NC(C)c1cccnc1. The molecule has 0 radical (unpaired) electrons. The molecular formula is C16H15N3OS2. The molecule has 1 amide bonds. The average Bonchev–Trinajstić information content (AvgIpc) is 3.17. The molecule has 0 aliphatic rings. The van der Waals surface area contributed by atoms with Crippen LogP contribution >= 0.6 is 22.7 Å². The van der Waals surface area contributed by atoms with Crippen LogP contribution in [0.3, 0.4) is 0 Å². The molecule has 0 bridgehead atoms. The minimum atomic E-state index is -0.0905. The molecule has 1 N–H and O–H groups in total. The molecule has 22 heavy (non-hydrogen) atoms. The number of thiazole rings is 1. The Balaban J connectivity index is 1.78. The third-order valence-electron chi connectivity index (χ3n) is 3.30. The van der Waals surface area contributed by atoms with Crippen molar-refractivity contribution in [1.29, 1.82) is 0 Å². The maximum Gasteiger partial charge on any atom is 0.263 e. The Labute approximate surface area is 136 Å². The van der Waals surface area contributed by atoms with Crippen molar-refractivity contribution in [3.63, 3.8) is 0 Å². The molecule has 0 aliphatic heterocycles. The summed E-state index contributed by atoms with van der Waals surface area (Å²) in [5.41, 5.74) is 2.82. The normalized spacial score (nSPS) is 12.1. The number of amides is 1. The second-order valence-electron chi connectivity index (χ2n) is 4.93. The molecule has 0 aliphatic carbocycles. The van der Waals surface area contributed by atoms with Crippen molar-refractivity contribution in [1.82, 2.24) is 15.3 Å². The fourth-order valence-corrected chi connectivity index (χ4v) is 3.78. The van der Waals surface area contributed by atoms with Crippen molar-refractivity contribution in [2.45, 2.75) is 19.9 Å². The first-order valence-electron chi connectivity index (χ1n) is 6.86. The Morgan fingerprint density at radius 1 is 1.36 bits per heavy atom. The number of hydrogen-bond acceptors (Lipinski definition) is 5. The molecule has 6 heteroatoms. The highest BCUT2D eigenvalue weighted by Crippen LogP contribution is 2.29. The van der Waals surface area contributed by atoms with Gasteiger partial charge in [-0.3, -0.25) is 9.78 Å². The monoisotopic (exact) mass is 329 g/mol. The zero-order valence-corrected chi connectivity index (χ0v) is 13.9. The molecule has 4 nitrogen and oxygen atoms in total. The van der Waals surface area contributed by atoms with Crippen LogP contribution in [0.25, 0.3) is 10.6 Å². The predicted octanol–water partition coefficient (Wildman–Crippen LogP) is 4.07. The molecule has 3 aromatic rings. The second kappa shape index (κ2) is 6.37. The van der Waals surface area contributed by atoms with Gasteiger partial charge in [-0.1, -0.05) is 6.07 Å². The number of nitrogens with one attached hydrogen (secondary N) is 1. The van der Waals surface area contributed by atoms with Gasteiger partial charge < -0.3 is 5.32 Å². The van der Waals surface area contributed by atoms with Gasteiger partial charge in [0.15, 0.2) is 0 Å². The zero-order valence-electron chi connectivity index (χ0n) is 12.2. The Morgan fingerprint density at radius 3 is 2.91 bits per heavy atom. The van der Waals surface area contributed by atoms with Gasteiger partial charge >= 0.3 is 0 Å². The van der Waals surface area contributed by atoms with Crippen LogP contribution in [0.5, 0.6) is 0 Å². The van der Waals surface area contributed by atoms with E-state index in [1.54, 1.807) is 23.7 Å². The summed E-state index contributed by atoms with van der Waals surface area (Å²) in [5.74, 6) is -0.0900. The first-order valence-corrected chi connectivity index (χ1v) is 8.62. The number of carbonyl (C=O) groups excluding carboxylic acids is 1. The lowest BCUT2D eigenvalue weighted by Gasteiger charge is -2.13. The van der Waals surface area contributed by atoms with Crippen LogP contribution in [0, 0.1) is 6.92 Å². The summed E-state index contributed by atoms with van der Waals surface area (Å²) in [6.45, 7) is 3.82. The largest absolute Gasteiger partial charge is 0.345 e. The summed E-state index contributed by atoms with van der Waals surface area (Å²) in [5, 5.41) is 7.94. The van der Waals surface area contributed by atoms with Crippen LogP contribution in [-0.2, 0) is 0 Å². The molecule has 3 aromatic heterocycles. The highest BCUT2D eigenvalue weighted by atomic mass is 32.1. The minimum absolute atomic E-state index is 0.0900. The van der Waals surface area contributed by atoms with Gasteiger partial charge in [-0.15, -0.1) is 11.3 Å². The highest BCUT2D eigenvalue weighted by Gasteiger charge is 2.18. The van der Waals surface area contributed by atoms with Gasteiger partial charge in [-0.05, 0) is 36.9 Å². The summed E-state index contributed by atoms with van der Waals surface area (Å²) >= 11 is 3.06. The van der Waals surface area contributed by atoms with Crippen LogP contribution in [0.15, 0.2) is 41.4 Å². The molecule has 0 spiro atoms. The third kappa shape index (κ3) is 3.08. The first-order chi connectivity index (χ1) is 10.6. The van der Waals surface area contributed by atoms with E-state index in [2.05, 4.69) is 15.3 Å². The third-order valence-corrected chi connectivity index (χ3v) is 5.19. The van der Waals surface area contributed by atoms with Gasteiger partial charge in [0.2, 0.25) is 0 Å². The smallest absolute Gasteiger partial charge is 0.263 e. The summed E-state index contributed by atoms with van der Waals surface area (Å²) in [4.78, 5) is 21.7. The number of carbonyl (C=O) groups is 1. The van der Waals surface area contributed by atoms with Crippen molar-refractivity contribution in [2.24, 2.45) is 0 Å². The first kappa shape index (κ1) is 14.9. The van der Waals surface area contributed by atoms with E-state index in [0.29, 0.717) is 4.88 Å². The topological polar surface area (TPSA) is 54.9 Å². The number of rotatable bonds is 4. The summed E-state index contributed by atoms with van der Waals surface area (Å²) in [6, 6.07) is 5.74. The van der Waals surface area contributed by atoms with Crippen molar-refractivity contribution >= 4 is 28.6 Å². The van der Waals surface area contributed by atoms with Crippen LogP contribution < -0.4 is 5.32 Å². The molecule has 112 valence electrons. The maximum atomic E-state index is 12.5. The molecule has 1 atom stereocenters. The molecule has 0 saturated carbocycles. The van der Waals surface area contributed by atoms with E-state index in [1.165, 1.54) is 11.3 Å². The fourth-order valence-electron chi connectivity index (χ4n) is 2.09. The Kier molecular flexibility index (Phi) is 4.31. The summed E-state index contributed by atoms with van der Waals surface area (Å²) in [6.07, 6.45) is 3.49. The van der Waals surface area contributed by atoms with Gasteiger partial charge in [-0.25, -0.2) is 4.98 Å². The molecular weight excluding hydrogens is 314 g/mol.